The Hall–Kier alpha value is -1.75. The summed E-state index contributed by atoms with van der Waals surface area (Å²) in [5, 5.41) is 6.97. The molecule has 0 saturated heterocycles. The number of hydrogen-bond acceptors (Lipinski definition) is 3. The predicted molar refractivity (Wildman–Crippen MR) is 96.6 cm³/mol. The van der Waals surface area contributed by atoms with Gasteiger partial charge in [0.15, 0.2) is 5.96 Å². The van der Waals surface area contributed by atoms with Crippen molar-refractivity contribution in [1.82, 2.24) is 10.6 Å². The average molecular weight is 331 g/mol. The summed E-state index contributed by atoms with van der Waals surface area (Å²) in [4.78, 5) is 4.61. The van der Waals surface area contributed by atoms with E-state index in [4.69, 9.17) is 9.47 Å². The molecule has 0 radical (unpaired) electrons. The van der Waals surface area contributed by atoms with Crippen LogP contribution in [0.4, 0.5) is 0 Å². The zero-order valence-corrected chi connectivity index (χ0v) is 14.8. The van der Waals surface area contributed by atoms with Crippen molar-refractivity contribution < 1.29 is 9.47 Å². The van der Waals surface area contributed by atoms with E-state index in [0.717, 1.165) is 37.5 Å². The molecule has 1 aliphatic heterocycles. The van der Waals surface area contributed by atoms with Crippen molar-refractivity contribution in [3.05, 3.63) is 29.8 Å². The fraction of sp³-hybridized carbons (Fsp3) is 0.632. The molecule has 1 heterocycles. The summed E-state index contributed by atoms with van der Waals surface area (Å²) in [6.45, 7) is 4.21. The molecular weight excluding hydrogens is 302 g/mol. The van der Waals surface area contributed by atoms with Crippen LogP contribution >= 0.6 is 0 Å². The summed E-state index contributed by atoms with van der Waals surface area (Å²) >= 11 is 0. The number of benzene rings is 1. The summed E-state index contributed by atoms with van der Waals surface area (Å²) in [7, 11) is 1.70. The monoisotopic (exact) mass is 331 g/mol. The Morgan fingerprint density at radius 3 is 2.88 bits per heavy atom. The molecular formula is C19H29N3O2. The fourth-order valence-corrected chi connectivity index (χ4v) is 3.81. The molecule has 1 atom stereocenters. The zero-order valence-electron chi connectivity index (χ0n) is 14.8. The molecule has 0 amide bonds. The molecule has 3 rings (SSSR count). The lowest BCUT2D eigenvalue weighted by atomic mass is 9.86. The number of para-hydroxylation sites is 1. The molecule has 24 heavy (non-hydrogen) atoms. The molecule has 1 spiro atoms. The first kappa shape index (κ1) is 17.1. The number of rotatable bonds is 5. The number of ether oxygens (including phenoxy) is 2. The molecule has 1 aliphatic carbocycles. The molecule has 5 heteroatoms. The number of guanidine groups is 1. The highest BCUT2D eigenvalue weighted by Gasteiger charge is 2.43. The largest absolute Gasteiger partial charge is 0.487 e. The highest BCUT2D eigenvalue weighted by atomic mass is 16.5. The molecule has 1 aromatic rings. The van der Waals surface area contributed by atoms with E-state index >= 15 is 0 Å². The molecule has 0 aromatic heterocycles. The first-order valence-corrected chi connectivity index (χ1v) is 9.08. The quantitative estimate of drug-likeness (QED) is 0.495. The molecule has 1 saturated carbocycles. The van der Waals surface area contributed by atoms with Crippen molar-refractivity contribution in [2.24, 2.45) is 4.99 Å². The van der Waals surface area contributed by atoms with Crippen molar-refractivity contribution in [2.75, 3.05) is 26.8 Å². The Bertz CT molecular complexity index is 567. The molecule has 1 fully saturated rings. The van der Waals surface area contributed by atoms with Crippen LogP contribution in [0.15, 0.2) is 29.3 Å². The Kier molecular flexibility index (Phi) is 5.61. The lowest BCUT2D eigenvalue weighted by Gasteiger charge is -2.40. The van der Waals surface area contributed by atoms with Crippen molar-refractivity contribution in [3.63, 3.8) is 0 Å². The van der Waals surface area contributed by atoms with Crippen molar-refractivity contribution in [2.45, 2.75) is 50.7 Å². The topological polar surface area (TPSA) is 54.9 Å². The van der Waals surface area contributed by atoms with Gasteiger partial charge in [-0.1, -0.05) is 18.2 Å². The third-order valence-electron chi connectivity index (χ3n) is 4.93. The molecule has 2 aliphatic rings. The first-order valence-electron chi connectivity index (χ1n) is 9.08. The maximum absolute atomic E-state index is 6.43. The van der Waals surface area contributed by atoms with Gasteiger partial charge in [0.2, 0.25) is 0 Å². The van der Waals surface area contributed by atoms with E-state index in [2.05, 4.69) is 46.8 Å². The van der Waals surface area contributed by atoms with Crippen LogP contribution < -0.4 is 15.4 Å². The number of methoxy groups -OCH3 is 1. The number of nitrogens with zero attached hydrogens (tertiary/aromatic N) is 1. The van der Waals surface area contributed by atoms with Gasteiger partial charge in [0.05, 0.1) is 19.2 Å². The molecule has 1 aromatic carbocycles. The minimum Gasteiger partial charge on any atom is -0.487 e. The first-order chi connectivity index (χ1) is 11.8. The van der Waals surface area contributed by atoms with Gasteiger partial charge in [-0.05, 0) is 38.7 Å². The van der Waals surface area contributed by atoms with Gasteiger partial charge < -0.3 is 20.1 Å². The Labute approximate surface area is 144 Å². The second kappa shape index (κ2) is 7.88. The number of nitrogens with one attached hydrogen (secondary N) is 2. The van der Waals surface area contributed by atoms with Crippen LogP contribution in [-0.2, 0) is 4.74 Å². The lowest BCUT2D eigenvalue weighted by Crippen LogP contribution is -2.46. The molecule has 0 bridgehead atoms. The third-order valence-corrected chi connectivity index (χ3v) is 4.93. The van der Waals surface area contributed by atoms with Gasteiger partial charge in [0.25, 0.3) is 0 Å². The van der Waals surface area contributed by atoms with Crippen molar-refractivity contribution >= 4 is 5.96 Å². The second-order valence-electron chi connectivity index (χ2n) is 6.68. The Morgan fingerprint density at radius 1 is 1.33 bits per heavy atom. The van der Waals surface area contributed by atoms with E-state index in [1.807, 2.05) is 0 Å². The molecule has 5 nitrogen and oxygen atoms in total. The molecule has 132 valence electrons. The minimum atomic E-state index is -0.00409. The third kappa shape index (κ3) is 3.83. The standard InChI is InChI=1S/C19H29N3O2/c1-3-20-18(21-12-13-23-2)22-16-14-19(10-6-7-11-19)24-17-9-5-4-8-15(16)17/h4-5,8-9,16H,3,6-7,10-14H2,1-2H3,(H2,20,21,22). The number of fused-ring (bicyclic) bond motifs is 1. The highest BCUT2D eigenvalue weighted by Crippen LogP contribution is 2.46. The number of hydrogen-bond donors (Lipinski definition) is 2. The van der Waals surface area contributed by atoms with Crippen LogP contribution in [-0.4, -0.2) is 38.4 Å². The van der Waals surface area contributed by atoms with E-state index in [1.165, 1.54) is 18.4 Å². The van der Waals surface area contributed by atoms with Crippen LogP contribution in [0.1, 0.15) is 50.6 Å². The van der Waals surface area contributed by atoms with Gasteiger partial charge in [-0.15, -0.1) is 0 Å². The Balaban J connectivity index is 1.80. The summed E-state index contributed by atoms with van der Waals surface area (Å²) in [6, 6.07) is 8.62. The summed E-state index contributed by atoms with van der Waals surface area (Å²) in [6.07, 6.45) is 5.82. The molecule has 2 N–H and O–H groups in total. The van der Waals surface area contributed by atoms with Crippen LogP contribution in [0.25, 0.3) is 0 Å². The highest BCUT2D eigenvalue weighted by molar-refractivity contribution is 5.80. The van der Waals surface area contributed by atoms with Gasteiger partial charge in [0, 0.05) is 25.6 Å². The van der Waals surface area contributed by atoms with Crippen LogP contribution in [0.2, 0.25) is 0 Å². The summed E-state index contributed by atoms with van der Waals surface area (Å²) in [5.41, 5.74) is 1.22. The van der Waals surface area contributed by atoms with E-state index in [0.29, 0.717) is 13.2 Å². The number of aliphatic imine (C=N–C) groups is 1. The average Bonchev–Trinajstić information content (AvgIpc) is 3.02. The van der Waals surface area contributed by atoms with E-state index in [9.17, 15) is 0 Å². The lowest BCUT2D eigenvalue weighted by molar-refractivity contribution is 0.0396. The summed E-state index contributed by atoms with van der Waals surface area (Å²) < 4.78 is 11.5. The van der Waals surface area contributed by atoms with Gasteiger partial charge in [-0.25, -0.2) is 0 Å². The van der Waals surface area contributed by atoms with Gasteiger partial charge in [-0.2, -0.15) is 0 Å². The van der Waals surface area contributed by atoms with Gasteiger partial charge in [-0.3, -0.25) is 4.99 Å². The van der Waals surface area contributed by atoms with Crippen LogP contribution in [0.3, 0.4) is 0 Å². The fourth-order valence-electron chi connectivity index (χ4n) is 3.81. The van der Waals surface area contributed by atoms with Gasteiger partial charge in [0.1, 0.15) is 11.4 Å². The second-order valence-corrected chi connectivity index (χ2v) is 6.68. The van der Waals surface area contributed by atoms with Crippen molar-refractivity contribution in [3.8, 4) is 5.75 Å². The van der Waals surface area contributed by atoms with Crippen LogP contribution in [0.5, 0.6) is 5.75 Å². The normalized spacial score (nSPS) is 22.1. The van der Waals surface area contributed by atoms with Crippen LogP contribution in [0, 0.1) is 0 Å². The smallest absolute Gasteiger partial charge is 0.191 e. The minimum absolute atomic E-state index is 0.00409. The Morgan fingerprint density at radius 2 is 2.12 bits per heavy atom. The van der Waals surface area contributed by atoms with E-state index < -0.39 is 0 Å². The van der Waals surface area contributed by atoms with E-state index in [1.54, 1.807) is 7.11 Å². The van der Waals surface area contributed by atoms with Crippen molar-refractivity contribution in [1.29, 1.82) is 0 Å². The van der Waals surface area contributed by atoms with E-state index in [-0.39, 0.29) is 11.6 Å². The molecule has 1 unspecified atom stereocenters. The predicted octanol–water partition coefficient (Wildman–Crippen LogP) is 3.02. The maximum atomic E-state index is 6.43. The maximum Gasteiger partial charge on any atom is 0.191 e. The van der Waals surface area contributed by atoms with Gasteiger partial charge >= 0.3 is 0 Å². The SMILES string of the molecule is CCNC(=NCCOC)NC1CC2(CCCC2)Oc2ccccc21. The summed E-state index contributed by atoms with van der Waals surface area (Å²) in [5.74, 6) is 1.88. The zero-order chi connectivity index (χ0) is 16.8.